The van der Waals surface area contributed by atoms with Gasteiger partial charge in [-0.3, -0.25) is 0 Å². The fourth-order valence-electron chi connectivity index (χ4n) is 1.22. The van der Waals surface area contributed by atoms with Crippen molar-refractivity contribution in [3.63, 3.8) is 0 Å². The molecule has 14 heavy (non-hydrogen) atoms. The Bertz CT molecular complexity index is 414. The normalized spacial score (nSPS) is 11.5. The number of hydrogen-bond donors (Lipinski definition) is 1. The van der Waals surface area contributed by atoms with Gasteiger partial charge in [-0.05, 0) is 24.6 Å². The van der Waals surface area contributed by atoms with Crippen LogP contribution in [0.1, 0.15) is 11.4 Å². The third-order valence-corrected chi connectivity index (χ3v) is 2.87. The van der Waals surface area contributed by atoms with Crippen molar-refractivity contribution in [1.29, 1.82) is 0 Å². The Morgan fingerprint density at radius 1 is 1.36 bits per heavy atom. The van der Waals surface area contributed by atoms with Gasteiger partial charge in [0.1, 0.15) is 5.01 Å². The van der Waals surface area contributed by atoms with Gasteiger partial charge in [0.05, 0.1) is 10.2 Å². The van der Waals surface area contributed by atoms with Crippen LogP contribution in [0.5, 0.6) is 0 Å². The first-order valence-electron chi connectivity index (χ1n) is 4.53. The van der Waals surface area contributed by atoms with Crippen LogP contribution in [-0.2, 0) is 0 Å². The van der Waals surface area contributed by atoms with Crippen LogP contribution >= 0.6 is 11.3 Å². The van der Waals surface area contributed by atoms with Gasteiger partial charge in [0.2, 0.25) is 0 Å². The van der Waals surface area contributed by atoms with E-state index in [9.17, 15) is 0 Å². The van der Waals surface area contributed by atoms with Crippen LogP contribution in [0.3, 0.4) is 0 Å². The average molecular weight is 205 g/mol. The Morgan fingerprint density at radius 2 is 2.21 bits per heavy atom. The van der Waals surface area contributed by atoms with E-state index in [1.165, 1.54) is 4.70 Å². The highest BCUT2D eigenvalue weighted by molar-refractivity contribution is 7.19. The number of para-hydroxylation sites is 1. The van der Waals surface area contributed by atoms with Crippen molar-refractivity contribution in [3.8, 4) is 0 Å². The molecule has 0 bridgehead atoms. The lowest BCUT2D eigenvalue weighted by Crippen LogP contribution is -1.75. The van der Waals surface area contributed by atoms with Crippen molar-refractivity contribution in [2.24, 2.45) is 0 Å². The zero-order valence-electron chi connectivity index (χ0n) is 7.68. The van der Waals surface area contributed by atoms with Crippen LogP contribution in [-0.4, -0.2) is 16.7 Å². The molecule has 1 heterocycles. The summed E-state index contributed by atoms with van der Waals surface area (Å²) in [4.78, 5) is 4.43. The van der Waals surface area contributed by atoms with Gasteiger partial charge in [0, 0.05) is 6.61 Å². The fourth-order valence-corrected chi connectivity index (χ4v) is 2.12. The standard InChI is InChI=1S/C11H11NOS/c13-8-4-3-7-11-12-9-5-1-2-6-10(9)14-11/h1-3,5-7,13H,4,8H2. The third kappa shape index (κ3) is 2.00. The van der Waals surface area contributed by atoms with Crippen molar-refractivity contribution >= 4 is 27.6 Å². The third-order valence-electron chi connectivity index (χ3n) is 1.87. The van der Waals surface area contributed by atoms with Crippen molar-refractivity contribution in [3.05, 3.63) is 35.3 Å². The fraction of sp³-hybridized carbons (Fsp3) is 0.182. The molecule has 2 aromatic rings. The van der Waals surface area contributed by atoms with Gasteiger partial charge >= 0.3 is 0 Å². The largest absolute Gasteiger partial charge is 0.396 e. The molecule has 1 aromatic carbocycles. The van der Waals surface area contributed by atoms with Crippen LogP contribution in [0.2, 0.25) is 0 Å². The monoisotopic (exact) mass is 205 g/mol. The van der Waals surface area contributed by atoms with E-state index in [1.54, 1.807) is 11.3 Å². The van der Waals surface area contributed by atoms with Crippen LogP contribution in [0.15, 0.2) is 30.3 Å². The minimum Gasteiger partial charge on any atom is -0.396 e. The molecule has 0 radical (unpaired) electrons. The lowest BCUT2D eigenvalue weighted by atomic mass is 10.3. The molecule has 0 aliphatic carbocycles. The molecule has 3 heteroatoms. The average Bonchev–Trinajstić information content (AvgIpc) is 2.60. The van der Waals surface area contributed by atoms with Crippen LogP contribution < -0.4 is 0 Å². The van der Waals surface area contributed by atoms with E-state index in [0.29, 0.717) is 6.42 Å². The molecule has 1 aromatic heterocycles. The number of aromatic nitrogens is 1. The molecule has 2 nitrogen and oxygen atoms in total. The van der Waals surface area contributed by atoms with E-state index in [2.05, 4.69) is 11.1 Å². The SMILES string of the molecule is OCCC=Cc1nc2ccccc2s1. The first kappa shape index (κ1) is 9.37. The predicted octanol–water partition coefficient (Wildman–Crippen LogP) is 2.69. The molecule has 0 amide bonds. The molecular formula is C11H11NOS. The van der Waals surface area contributed by atoms with E-state index in [0.717, 1.165) is 10.5 Å². The maximum Gasteiger partial charge on any atom is 0.117 e. The maximum atomic E-state index is 8.62. The lowest BCUT2D eigenvalue weighted by molar-refractivity contribution is 0.303. The zero-order chi connectivity index (χ0) is 9.80. The van der Waals surface area contributed by atoms with E-state index in [-0.39, 0.29) is 6.61 Å². The minimum atomic E-state index is 0.196. The molecule has 0 atom stereocenters. The van der Waals surface area contributed by atoms with Gasteiger partial charge in [-0.2, -0.15) is 0 Å². The van der Waals surface area contributed by atoms with Gasteiger partial charge in [-0.1, -0.05) is 18.2 Å². The Kier molecular flexibility index (Phi) is 2.91. The number of aliphatic hydroxyl groups excluding tert-OH is 1. The highest BCUT2D eigenvalue weighted by atomic mass is 32.1. The van der Waals surface area contributed by atoms with E-state index in [4.69, 9.17) is 5.11 Å². The number of hydrogen-bond acceptors (Lipinski definition) is 3. The number of rotatable bonds is 3. The van der Waals surface area contributed by atoms with Gasteiger partial charge < -0.3 is 5.11 Å². The number of aliphatic hydroxyl groups is 1. The highest BCUT2D eigenvalue weighted by Gasteiger charge is 1.98. The number of nitrogens with zero attached hydrogens (tertiary/aromatic N) is 1. The van der Waals surface area contributed by atoms with Crippen molar-refractivity contribution in [1.82, 2.24) is 4.98 Å². The number of thiazole rings is 1. The second-order valence-corrected chi connectivity index (χ2v) is 4.00. The van der Waals surface area contributed by atoms with E-state index >= 15 is 0 Å². The predicted molar refractivity (Wildman–Crippen MR) is 60.4 cm³/mol. The van der Waals surface area contributed by atoms with Crippen molar-refractivity contribution in [2.45, 2.75) is 6.42 Å². The quantitative estimate of drug-likeness (QED) is 0.835. The zero-order valence-corrected chi connectivity index (χ0v) is 8.50. The molecule has 0 fully saturated rings. The first-order chi connectivity index (χ1) is 6.90. The van der Waals surface area contributed by atoms with Gasteiger partial charge in [0.15, 0.2) is 0 Å². The molecule has 0 saturated carbocycles. The Labute approximate surface area is 86.5 Å². The number of fused-ring (bicyclic) bond motifs is 1. The Hall–Kier alpha value is -1.19. The van der Waals surface area contributed by atoms with Crippen molar-refractivity contribution < 1.29 is 5.11 Å². The molecule has 0 saturated heterocycles. The minimum absolute atomic E-state index is 0.196. The molecule has 0 unspecified atom stereocenters. The van der Waals surface area contributed by atoms with Gasteiger partial charge in [0.25, 0.3) is 0 Å². The van der Waals surface area contributed by atoms with Crippen LogP contribution in [0.25, 0.3) is 16.3 Å². The second-order valence-electron chi connectivity index (χ2n) is 2.93. The highest BCUT2D eigenvalue weighted by Crippen LogP contribution is 2.22. The first-order valence-corrected chi connectivity index (χ1v) is 5.35. The maximum absolute atomic E-state index is 8.62. The van der Waals surface area contributed by atoms with Gasteiger partial charge in [-0.15, -0.1) is 11.3 Å². The molecule has 2 rings (SSSR count). The Morgan fingerprint density at radius 3 is 3.00 bits per heavy atom. The summed E-state index contributed by atoms with van der Waals surface area (Å²) < 4.78 is 1.20. The summed E-state index contributed by atoms with van der Waals surface area (Å²) >= 11 is 1.67. The second kappa shape index (κ2) is 4.35. The van der Waals surface area contributed by atoms with Crippen LogP contribution in [0, 0.1) is 0 Å². The summed E-state index contributed by atoms with van der Waals surface area (Å²) in [7, 11) is 0. The summed E-state index contributed by atoms with van der Waals surface area (Å²) in [6.07, 6.45) is 4.59. The van der Waals surface area contributed by atoms with Gasteiger partial charge in [-0.25, -0.2) is 4.98 Å². The molecule has 0 aliphatic heterocycles. The van der Waals surface area contributed by atoms with Crippen LogP contribution in [0.4, 0.5) is 0 Å². The number of benzene rings is 1. The molecule has 72 valence electrons. The van der Waals surface area contributed by atoms with E-state index < -0.39 is 0 Å². The molecular weight excluding hydrogens is 194 g/mol. The molecule has 1 N–H and O–H groups in total. The summed E-state index contributed by atoms with van der Waals surface area (Å²) in [5, 5.41) is 9.62. The summed E-state index contributed by atoms with van der Waals surface area (Å²) in [5.74, 6) is 0. The summed E-state index contributed by atoms with van der Waals surface area (Å²) in [5.41, 5.74) is 1.04. The van der Waals surface area contributed by atoms with Crippen molar-refractivity contribution in [2.75, 3.05) is 6.61 Å². The molecule has 0 aliphatic rings. The molecule has 0 spiro atoms. The lowest BCUT2D eigenvalue weighted by Gasteiger charge is -1.82. The summed E-state index contributed by atoms with van der Waals surface area (Å²) in [6.45, 7) is 0.196. The summed E-state index contributed by atoms with van der Waals surface area (Å²) in [6, 6.07) is 8.08. The Balaban J connectivity index is 2.27. The van der Waals surface area contributed by atoms with E-state index in [1.807, 2.05) is 30.4 Å². The topological polar surface area (TPSA) is 33.1 Å². The smallest absolute Gasteiger partial charge is 0.117 e.